The van der Waals surface area contributed by atoms with E-state index < -0.39 is 0 Å². The molecule has 1 N–H and O–H groups in total. The van der Waals surface area contributed by atoms with E-state index in [9.17, 15) is 0 Å². The van der Waals surface area contributed by atoms with Crippen LogP contribution in [-0.4, -0.2) is 18.3 Å². The molecule has 186 valence electrons. The van der Waals surface area contributed by atoms with Crippen LogP contribution in [0.2, 0.25) is 0 Å². The van der Waals surface area contributed by atoms with E-state index >= 15 is 0 Å². The number of hydrogen-bond donors (Lipinski definition) is 1. The van der Waals surface area contributed by atoms with Crippen molar-refractivity contribution in [2.45, 2.75) is 84.0 Å². The van der Waals surface area contributed by atoms with Gasteiger partial charge in [0.1, 0.15) is 5.75 Å². The van der Waals surface area contributed by atoms with Crippen molar-refractivity contribution in [3.05, 3.63) is 77.4 Å². The summed E-state index contributed by atoms with van der Waals surface area (Å²) in [5, 5.41) is 11.4. The fraction of sp³-hybridized carbons (Fsp3) is 0.455. The van der Waals surface area contributed by atoms with Crippen LogP contribution in [0.1, 0.15) is 94.2 Å². The molecule has 0 aliphatic carbocycles. The Balaban J connectivity index is 1.46. The van der Waals surface area contributed by atoms with Gasteiger partial charge in [-0.25, -0.2) is 0 Å². The number of hydrogen-bond acceptors (Lipinski definition) is 2. The summed E-state index contributed by atoms with van der Waals surface area (Å²) in [4.78, 5) is 0. The largest absolute Gasteiger partial charge is 0.494 e. The Morgan fingerprint density at radius 1 is 0.629 bits per heavy atom. The molecule has 0 spiro atoms. The number of rotatable bonds is 15. The Morgan fingerprint density at radius 3 is 2.06 bits per heavy atom. The van der Waals surface area contributed by atoms with Crippen LogP contribution in [0.15, 0.2) is 60.7 Å². The molecule has 0 saturated carbocycles. The lowest BCUT2D eigenvalue weighted by molar-refractivity contribution is 0.282. The fourth-order valence-corrected chi connectivity index (χ4v) is 4.35. The lowest BCUT2D eigenvalue weighted by Crippen LogP contribution is -1.97. The normalized spacial score (nSPS) is 10.8. The van der Waals surface area contributed by atoms with Gasteiger partial charge in [-0.15, -0.1) is 0 Å². The minimum absolute atomic E-state index is 0.317. The minimum atomic E-state index is 0.317. The van der Waals surface area contributed by atoms with E-state index in [1.807, 2.05) is 24.3 Å². The zero-order valence-corrected chi connectivity index (χ0v) is 21.5. The van der Waals surface area contributed by atoms with Crippen molar-refractivity contribution < 1.29 is 9.84 Å². The van der Waals surface area contributed by atoms with E-state index in [0.29, 0.717) is 6.61 Å². The van der Waals surface area contributed by atoms with Gasteiger partial charge in [-0.3, -0.25) is 0 Å². The molecule has 0 aliphatic rings. The smallest absolute Gasteiger partial charge is 0.119 e. The van der Waals surface area contributed by atoms with Gasteiger partial charge in [0.15, 0.2) is 0 Å². The Labute approximate surface area is 212 Å². The first-order valence-corrected chi connectivity index (χ1v) is 13.7. The summed E-state index contributed by atoms with van der Waals surface area (Å²) < 4.78 is 5.88. The van der Waals surface area contributed by atoms with Crippen molar-refractivity contribution in [3.8, 4) is 17.6 Å². The Bertz CT molecular complexity index is 1060. The van der Waals surface area contributed by atoms with Crippen LogP contribution in [0, 0.1) is 11.8 Å². The highest BCUT2D eigenvalue weighted by Crippen LogP contribution is 2.20. The van der Waals surface area contributed by atoms with Crippen LogP contribution in [0.25, 0.3) is 10.8 Å². The lowest BCUT2D eigenvalue weighted by Gasteiger charge is -2.06. The van der Waals surface area contributed by atoms with Crippen molar-refractivity contribution in [2.75, 3.05) is 13.2 Å². The first-order chi connectivity index (χ1) is 17.3. The van der Waals surface area contributed by atoms with E-state index in [1.54, 1.807) is 0 Å². The van der Waals surface area contributed by atoms with Crippen LogP contribution in [0.4, 0.5) is 0 Å². The van der Waals surface area contributed by atoms with Crippen LogP contribution in [0.3, 0.4) is 0 Å². The summed E-state index contributed by atoms with van der Waals surface area (Å²) in [7, 11) is 0. The topological polar surface area (TPSA) is 29.5 Å². The van der Waals surface area contributed by atoms with E-state index in [1.165, 1.54) is 67.7 Å². The van der Waals surface area contributed by atoms with E-state index in [2.05, 4.69) is 55.2 Å². The number of aliphatic hydroxyl groups is 1. The van der Waals surface area contributed by atoms with Gasteiger partial charge in [-0.1, -0.05) is 94.4 Å². The number of ether oxygens (including phenoxy) is 1. The number of benzene rings is 3. The van der Waals surface area contributed by atoms with E-state index in [4.69, 9.17) is 9.84 Å². The second kappa shape index (κ2) is 16.0. The molecule has 2 nitrogen and oxygen atoms in total. The molecule has 0 atom stereocenters. The average Bonchev–Trinajstić information content (AvgIpc) is 2.89. The molecule has 0 aliphatic heterocycles. The zero-order chi connectivity index (χ0) is 24.6. The molecule has 0 unspecified atom stereocenters. The highest BCUT2D eigenvalue weighted by Gasteiger charge is 2.00. The Hall–Kier alpha value is -2.76. The maximum absolute atomic E-state index is 8.87. The molecule has 2 heteroatoms. The van der Waals surface area contributed by atoms with Gasteiger partial charge in [0.2, 0.25) is 0 Å². The van der Waals surface area contributed by atoms with Crippen molar-refractivity contribution in [1.82, 2.24) is 0 Å². The van der Waals surface area contributed by atoms with E-state index in [-0.39, 0.29) is 0 Å². The molecule has 0 fully saturated rings. The van der Waals surface area contributed by atoms with Crippen LogP contribution < -0.4 is 4.74 Å². The summed E-state index contributed by atoms with van der Waals surface area (Å²) >= 11 is 0. The molecule has 0 heterocycles. The quantitative estimate of drug-likeness (QED) is 0.178. The summed E-state index contributed by atoms with van der Waals surface area (Å²) in [6.07, 6.45) is 14.5. The molecule has 0 saturated heterocycles. The van der Waals surface area contributed by atoms with Gasteiger partial charge >= 0.3 is 0 Å². The van der Waals surface area contributed by atoms with Gasteiger partial charge in [-0.2, -0.15) is 0 Å². The summed E-state index contributed by atoms with van der Waals surface area (Å²) in [5.41, 5.74) is 3.45. The maximum Gasteiger partial charge on any atom is 0.119 e. The summed E-state index contributed by atoms with van der Waals surface area (Å²) in [5.74, 6) is 7.53. The van der Waals surface area contributed by atoms with Crippen molar-refractivity contribution in [2.24, 2.45) is 0 Å². The number of aryl methyl sites for hydroxylation is 1. The molecular weight excluding hydrogens is 428 g/mol. The molecule has 0 amide bonds. The van der Waals surface area contributed by atoms with Crippen LogP contribution >= 0.6 is 0 Å². The molecule has 0 radical (unpaired) electrons. The monoisotopic (exact) mass is 470 g/mol. The molecule has 3 aromatic rings. The van der Waals surface area contributed by atoms with Gasteiger partial charge < -0.3 is 9.84 Å². The Morgan fingerprint density at radius 2 is 1.26 bits per heavy atom. The predicted molar refractivity (Wildman–Crippen MR) is 149 cm³/mol. The lowest BCUT2D eigenvalue weighted by atomic mass is 10.0. The van der Waals surface area contributed by atoms with Crippen molar-refractivity contribution >= 4 is 10.8 Å². The highest BCUT2D eigenvalue weighted by molar-refractivity contribution is 5.84. The first-order valence-electron chi connectivity index (χ1n) is 13.7. The molecule has 3 rings (SSSR count). The molecule has 35 heavy (non-hydrogen) atoms. The van der Waals surface area contributed by atoms with Gasteiger partial charge in [-0.05, 0) is 78.4 Å². The van der Waals surface area contributed by atoms with Gasteiger partial charge in [0.25, 0.3) is 0 Å². The Kier molecular flexibility index (Phi) is 12.3. The van der Waals surface area contributed by atoms with Crippen molar-refractivity contribution in [1.29, 1.82) is 0 Å². The minimum Gasteiger partial charge on any atom is -0.494 e. The number of aliphatic hydroxyl groups excluding tert-OH is 1. The molecule has 3 aromatic carbocycles. The maximum atomic E-state index is 8.87. The standard InChI is InChI=1S/C33H42O2/c1-2-3-4-5-9-12-25-35-33-22-18-28(19-23-33)14-15-30-17-21-31-26-29(16-20-32(31)27-30)13-10-7-6-8-11-24-34/h16-23,26-27,34H,2-13,24-25H2,1H3. The SMILES string of the molecule is CCCCCCCCOc1ccc(C#Cc2ccc3cc(CCCCCCCO)ccc3c2)cc1. The summed E-state index contributed by atoms with van der Waals surface area (Å²) in [6.45, 7) is 3.36. The zero-order valence-electron chi connectivity index (χ0n) is 21.5. The molecule has 0 bridgehead atoms. The number of fused-ring (bicyclic) bond motifs is 1. The number of unbranched alkanes of at least 4 members (excludes halogenated alkanes) is 9. The van der Waals surface area contributed by atoms with Crippen LogP contribution in [-0.2, 0) is 6.42 Å². The highest BCUT2D eigenvalue weighted by atomic mass is 16.5. The first kappa shape index (κ1) is 26.8. The molecular formula is C33H42O2. The third-order valence-electron chi connectivity index (χ3n) is 6.50. The van der Waals surface area contributed by atoms with E-state index in [0.717, 1.165) is 49.2 Å². The summed E-state index contributed by atoms with van der Waals surface area (Å²) in [6, 6.07) is 21.4. The second-order valence-electron chi connectivity index (χ2n) is 9.53. The second-order valence-corrected chi connectivity index (χ2v) is 9.53. The van der Waals surface area contributed by atoms with Crippen LogP contribution in [0.5, 0.6) is 5.75 Å². The fourth-order valence-electron chi connectivity index (χ4n) is 4.35. The third kappa shape index (κ3) is 10.2. The molecule has 0 aromatic heterocycles. The van der Waals surface area contributed by atoms with Gasteiger partial charge in [0.05, 0.1) is 6.61 Å². The van der Waals surface area contributed by atoms with Crippen molar-refractivity contribution in [3.63, 3.8) is 0 Å². The predicted octanol–water partition coefficient (Wildman–Crippen LogP) is 8.46. The third-order valence-corrected chi connectivity index (χ3v) is 6.50. The average molecular weight is 471 g/mol. The van der Waals surface area contributed by atoms with Gasteiger partial charge in [0, 0.05) is 17.7 Å².